The van der Waals surface area contributed by atoms with Gasteiger partial charge in [0.05, 0.1) is 26.7 Å². The first-order chi connectivity index (χ1) is 13.6. The van der Waals surface area contributed by atoms with Crippen LogP contribution >= 0.6 is 24.8 Å². The van der Waals surface area contributed by atoms with Gasteiger partial charge in [0.2, 0.25) is 23.5 Å². The van der Waals surface area contributed by atoms with E-state index < -0.39 is 0 Å². The van der Waals surface area contributed by atoms with E-state index in [4.69, 9.17) is 15.0 Å². The number of halogens is 2. The highest BCUT2D eigenvalue weighted by Crippen LogP contribution is 2.20. The van der Waals surface area contributed by atoms with Crippen molar-refractivity contribution in [1.82, 2.24) is 25.3 Å². The molecule has 2 aromatic rings. The number of amides is 2. The summed E-state index contributed by atoms with van der Waals surface area (Å²) in [5.74, 6) is 1.38. The lowest BCUT2D eigenvalue weighted by molar-refractivity contribution is -0.134. The predicted molar refractivity (Wildman–Crippen MR) is 115 cm³/mol. The van der Waals surface area contributed by atoms with Crippen LogP contribution in [0.15, 0.2) is 28.8 Å². The van der Waals surface area contributed by atoms with Gasteiger partial charge in [-0.25, -0.2) is 0 Å². The van der Waals surface area contributed by atoms with Gasteiger partial charge in [0.15, 0.2) is 0 Å². The molecule has 30 heavy (non-hydrogen) atoms. The van der Waals surface area contributed by atoms with Crippen molar-refractivity contribution >= 4 is 36.6 Å². The van der Waals surface area contributed by atoms with Crippen molar-refractivity contribution in [2.45, 2.75) is 6.54 Å². The van der Waals surface area contributed by atoms with E-state index in [1.54, 1.807) is 12.0 Å². The van der Waals surface area contributed by atoms with Gasteiger partial charge in [0.1, 0.15) is 5.75 Å². The normalized spacial score (nSPS) is 13.7. The van der Waals surface area contributed by atoms with Gasteiger partial charge in [-0.3, -0.25) is 14.5 Å². The minimum atomic E-state index is -0.337. The average molecular weight is 461 g/mol. The molecule has 3 rings (SSSR count). The fraction of sp³-hybridized carbons (Fsp3) is 0.444. The number of carbonyl (C=O) groups excluding carboxylic acids is 2. The zero-order chi connectivity index (χ0) is 19.9. The van der Waals surface area contributed by atoms with E-state index in [1.807, 2.05) is 24.3 Å². The van der Waals surface area contributed by atoms with Crippen LogP contribution in [0.3, 0.4) is 0 Å². The summed E-state index contributed by atoms with van der Waals surface area (Å²) in [4.78, 5) is 31.6. The maximum absolute atomic E-state index is 12.1. The third-order valence-corrected chi connectivity index (χ3v) is 4.52. The van der Waals surface area contributed by atoms with Crippen LogP contribution in [-0.4, -0.2) is 78.1 Å². The Bertz CT molecular complexity index is 809. The first-order valence-electron chi connectivity index (χ1n) is 9.03. The number of benzene rings is 1. The van der Waals surface area contributed by atoms with Crippen LogP contribution < -0.4 is 15.8 Å². The number of piperazine rings is 1. The first-order valence-corrected chi connectivity index (χ1v) is 9.03. The highest BCUT2D eigenvalue weighted by atomic mass is 35.5. The molecule has 1 aromatic heterocycles. The zero-order valence-electron chi connectivity index (χ0n) is 16.6. The number of nitrogens with one attached hydrogen (secondary N) is 1. The summed E-state index contributed by atoms with van der Waals surface area (Å²) in [5, 5.41) is 6.53. The molecule has 12 heteroatoms. The van der Waals surface area contributed by atoms with Crippen molar-refractivity contribution in [3.63, 3.8) is 0 Å². The van der Waals surface area contributed by atoms with Gasteiger partial charge < -0.3 is 25.2 Å². The minimum Gasteiger partial charge on any atom is -0.497 e. The molecular weight excluding hydrogens is 435 g/mol. The van der Waals surface area contributed by atoms with Crippen LogP contribution in [0.1, 0.15) is 5.89 Å². The van der Waals surface area contributed by atoms with Crippen LogP contribution in [0.2, 0.25) is 0 Å². The van der Waals surface area contributed by atoms with E-state index in [1.165, 1.54) is 0 Å². The van der Waals surface area contributed by atoms with Crippen molar-refractivity contribution in [1.29, 1.82) is 0 Å². The SMILES string of the molecule is COc1ccc(-c2noc(CN3CCN(C(=O)CNC(=O)CN)CC3)n2)cc1.Cl.Cl. The standard InChI is InChI=1S/C18H24N6O4.2ClH/c1-27-14-4-2-13(3-5-14)18-21-16(28-22-18)12-23-6-8-24(9-7-23)17(26)11-20-15(25)10-19;;/h2-5H,6-12,19H2,1H3,(H,20,25);2*1H. The second-order valence-electron chi connectivity index (χ2n) is 6.38. The Morgan fingerprint density at radius 2 is 1.83 bits per heavy atom. The topological polar surface area (TPSA) is 127 Å². The van der Waals surface area contributed by atoms with Gasteiger partial charge in [-0.1, -0.05) is 5.16 Å². The molecule has 0 radical (unpaired) electrons. The van der Waals surface area contributed by atoms with Crippen molar-refractivity contribution in [3.8, 4) is 17.1 Å². The summed E-state index contributed by atoms with van der Waals surface area (Å²) in [7, 11) is 1.62. The zero-order valence-corrected chi connectivity index (χ0v) is 18.2. The number of aromatic nitrogens is 2. The monoisotopic (exact) mass is 460 g/mol. The van der Waals surface area contributed by atoms with Crippen molar-refractivity contribution < 1.29 is 18.8 Å². The van der Waals surface area contributed by atoms with Gasteiger partial charge in [-0.15, -0.1) is 24.8 Å². The highest BCUT2D eigenvalue weighted by Gasteiger charge is 2.22. The van der Waals surface area contributed by atoms with Gasteiger partial charge >= 0.3 is 0 Å². The molecule has 166 valence electrons. The molecular formula is C18H26Cl2N6O4. The lowest BCUT2D eigenvalue weighted by atomic mass is 10.2. The Morgan fingerprint density at radius 3 is 2.43 bits per heavy atom. The molecule has 0 spiro atoms. The summed E-state index contributed by atoms with van der Waals surface area (Å²) in [5.41, 5.74) is 6.06. The number of hydrogen-bond donors (Lipinski definition) is 2. The van der Waals surface area contributed by atoms with Crippen LogP contribution in [0, 0.1) is 0 Å². The molecule has 0 bridgehead atoms. The van der Waals surface area contributed by atoms with Gasteiger partial charge in [-0.2, -0.15) is 4.98 Å². The van der Waals surface area contributed by atoms with Crippen LogP contribution in [0.4, 0.5) is 0 Å². The molecule has 10 nitrogen and oxygen atoms in total. The van der Waals surface area contributed by atoms with E-state index in [0.717, 1.165) is 11.3 Å². The number of nitrogens with zero attached hydrogens (tertiary/aromatic N) is 4. The fourth-order valence-electron chi connectivity index (χ4n) is 2.88. The molecule has 3 N–H and O–H groups in total. The Balaban J connectivity index is 0.00000225. The summed E-state index contributed by atoms with van der Waals surface area (Å²) in [6.45, 7) is 2.92. The lowest BCUT2D eigenvalue weighted by Gasteiger charge is -2.34. The first kappa shape index (κ1) is 25.6. The van der Waals surface area contributed by atoms with Gasteiger partial charge in [-0.05, 0) is 24.3 Å². The Morgan fingerprint density at radius 1 is 1.17 bits per heavy atom. The third kappa shape index (κ3) is 6.84. The number of rotatable bonds is 7. The number of methoxy groups -OCH3 is 1. The summed E-state index contributed by atoms with van der Waals surface area (Å²) in [6.07, 6.45) is 0. The lowest BCUT2D eigenvalue weighted by Crippen LogP contribution is -2.51. The maximum Gasteiger partial charge on any atom is 0.242 e. The van der Waals surface area contributed by atoms with Crippen LogP contribution in [-0.2, 0) is 16.1 Å². The van der Waals surface area contributed by atoms with Gasteiger partial charge in [0, 0.05) is 31.7 Å². The number of nitrogens with two attached hydrogens (primary N) is 1. The maximum atomic E-state index is 12.1. The largest absolute Gasteiger partial charge is 0.497 e. The van der Waals surface area contributed by atoms with Crippen LogP contribution in [0.25, 0.3) is 11.4 Å². The molecule has 2 heterocycles. The van der Waals surface area contributed by atoms with Crippen molar-refractivity contribution in [2.24, 2.45) is 5.73 Å². The van der Waals surface area contributed by atoms with E-state index in [-0.39, 0.29) is 49.7 Å². The minimum absolute atomic E-state index is 0. The van der Waals surface area contributed by atoms with Gasteiger partial charge in [0.25, 0.3) is 0 Å². The van der Waals surface area contributed by atoms with E-state index in [9.17, 15) is 9.59 Å². The van der Waals surface area contributed by atoms with E-state index >= 15 is 0 Å². The second-order valence-corrected chi connectivity index (χ2v) is 6.38. The van der Waals surface area contributed by atoms with Crippen molar-refractivity contribution in [3.05, 3.63) is 30.2 Å². The molecule has 1 aromatic carbocycles. The fourth-order valence-corrected chi connectivity index (χ4v) is 2.88. The Hall–Kier alpha value is -2.40. The Labute approximate surface area is 186 Å². The summed E-state index contributed by atoms with van der Waals surface area (Å²) in [6, 6.07) is 7.44. The molecule has 0 saturated carbocycles. The molecule has 0 atom stereocenters. The second kappa shape index (κ2) is 12.3. The quantitative estimate of drug-likeness (QED) is 0.603. The number of hydrogen-bond acceptors (Lipinski definition) is 8. The molecule has 0 unspecified atom stereocenters. The van der Waals surface area contributed by atoms with E-state index in [2.05, 4.69) is 20.4 Å². The molecule has 1 fully saturated rings. The van der Waals surface area contributed by atoms with Crippen molar-refractivity contribution in [2.75, 3.05) is 46.4 Å². The smallest absolute Gasteiger partial charge is 0.242 e. The predicted octanol–water partition coefficient (Wildman–Crippen LogP) is 0.308. The number of ether oxygens (including phenoxy) is 1. The third-order valence-electron chi connectivity index (χ3n) is 4.52. The average Bonchev–Trinajstić information content (AvgIpc) is 3.20. The summed E-state index contributed by atoms with van der Waals surface area (Å²) >= 11 is 0. The Kier molecular flexibility index (Phi) is 10.5. The molecule has 1 aliphatic heterocycles. The van der Waals surface area contributed by atoms with Crippen LogP contribution in [0.5, 0.6) is 5.75 Å². The highest BCUT2D eigenvalue weighted by molar-refractivity contribution is 5.86. The molecule has 0 aliphatic carbocycles. The molecule has 2 amide bonds. The van der Waals surface area contributed by atoms with E-state index in [0.29, 0.717) is 44.4 Å². The summed E-state index contributed by atoms with van der Waals surface area (Å²) < 4.78 is 10.5. The number of carbonyl (C=O) groups is 2. The molecule has 1 aliphatic rings. The molecule has 1 saturated heterocycles.